The summed E-state index contributed by atoms with van der Waals surface area (Å²) in [6.45, 7) is 0. The summed E-state index contributed by atoms with van der Waals surface area (Å²) in [5, 5.41) is 11.5. The first-order chi connectivity index (χ1) is 8.70. The van der Waals surface area contributed by atoms with Crippen molar-refractivity contribution in [3.8, 4) is 0 Å². The topological polar surface area (TPSA) is 81.2 Å². The van der Waals surface area contributed by atoms with Crippen molar-refractivity contribution in [1.29, 1.82) is 0 Å². The molecule has 1 aromatic carbocycles. The second kappa shape index (κ2) is 6.06. The Morgan fingerprint density at radius 1 is 1.44 bits per heavy atom. The number of thioether (sulfide) groups is 1. The third-order valence-corrected chi connectivity index (χ3v) is 4.65. The molecule has 1 aliphatic carbocycles. The van der Waals surface area contributed by atoms with E-state index in [4.69, 9.17) is 5.84 Å². The predicted molar refractivity (Wildman–Crippen MR) is 74.5 cm³/mol. The third kappa shape index (κ3) is 3.14. The Labute approximate surface area is 110 Å². The molecule has 98 valence electrons. The van der Waals surface area contributed by atoms with E-state index in [0.29, 0.717) is 5.25 Å². The number of hydrazine groups is 1. The minimum absolute atomic E-state index is 0.121. The summed E-state index contributed by atoms with van der Waals surface area (Å²) >= 11 is 1.87. The normalized spacial score (nSPS) is 15.8. The summed E-state index contributed by atoms with van der Waals surface area (Å²) in [7, 11) is 0. The summed E-state index contributed by atoms with van der Waals surface area (Å²) in [6, 6.07) is 4.75. The molecule has 1 saturated carbocycles. The van der Waals surface area contributed by atoms with Gasteiger partial charge in [0.2, 0.25) is 0 Å². The van der Waals surface area contributed by atoms with Gasteiger partial charge in [0.1, 0.15) is 0 Å². The van der Waals surface area contributed by atoms with Crippen molar-refractivity contribution < 1.29 is 4.92 Å². The van der Waals surface area contributed by atoms with Crippen LogP contribution in [0.3, 0.4) is 0 Å². The van der Waals surface area contributed by atoms with Gasteiger partial charge < -0.3 is 5.43 Å². The largest absolute Gasteiger partial charge is 0.324 e. The van der Waals surface area contributed by atoms with Crippen LogP contribution in [0.5, 0.6) is 0 Å². The van der Waals surface area contributed by atoms with E-state index in [2.05, 4.69) is 5.43 Å². The molecule has 0 spiro atoms. The molecule has 1 fully saturated rings. The van der Waals surface area contributed by atoms with E-state index in [9.17, 15) is 10.1 Å². The van der Waals surface area contributed by atoms with Crippen LogP contribution in [0.15, 0.2) is 18.2 Å². The van der Waals surface area contributed by atoms with Gasteiger partial charge in [-0.05, 0) is 24.5 Å². The smallest absolute Gasteiger partial charge is 0.269 e. The van der Waals surface area contributed by atoms with E-state index < -0.39 is 0 Å². The van der Waals surface area contributed by atoms with E-state index in [0.717, 1.165) is 17.0 Å². The molecule has 0 aromatic heterocycles. The van der Waals surface area contributed by atoms with Crippen molar-refractivity contribution in [3.63, 3.8) is 0 Å². The molecule has 0 heterocycles. The van der Waals surface area contributed by atoms with Crippen molar-refractivity contribution in [2.45, 2.75) is 36.7 Å². The van der Waals surface area contributed by atoms with Crippen LogP contribution in [0.2, 0.25) is 0 Å². The number of hydrogen-bond donors (Lipinski definition) is 2. The Hall–Kier alpha value is -1.27. The highest BCUT2D eigenvalue weighted by Gasteiger charge is 2.17. The second-order valence-electron chi connectivity index (χ2n) is 4.46. The molecule has 5 nitrogen and oxygen atoms in total. The number of benzene rings is 1. The van der Waals surface area contributed by atoms with Crippen molar-refractivity contribution in [3.05, 3.63) is 33.9 Å². The summed E-state index contributed by atoms with van der Waals surface area (Å²) in [5.74, 6) is 6.20. The average Bonchev–Trinajstić information content (AvgIpc) is 2.89. The van der Waals surface area contributed by atoms with Gasteiger partial charge in [0.05, 0.1) is 10.6 Å². The van der Waals surface area contributed by atoms with Crippen LogP contribution in [-0.4, -0.2) is 10.2 Å². The third-order valence-electron chi connectivity index (χ3n) is 3.23. The fourth-order valence-corrected chi connectivity index (χ4v) is 3.54. The Morgan fingerprint density at radius 3 is 2.78 bits per heavy atom. The number of non-ortho nitro benzene ring substituents is 1. The summed E-state index contributed by atoms with van der Waals surface area (Å²) < 4.78 is 0. The zero-order chi connectivity index (χ0) is 13.0. The molecule has 18 heavy (non-hydrogen) atoms. The van der Waals surface area contributed by atoms with Crippen LogP contribution in [0.4, 0.5) is 11.4 Å². The van der Waals surface area contributed by atoms with Crippen molar-refractivity contribution in [2.75, 3.05) is 5.43 Å². The standard InChI is InChI=1S/C12H17N3O2S/c13-14-12-6-5-10(15(16)17)7-9(12)8-18-11-3-1-2-4-11/h5-7,11,14H,1-4,8,13H2. The number of hydrogen-bond acceptors (Lipinski definition) is 5. The van der Waals surface area contributed by atoms with Crippen LogP contribution < -0.4 is 11.3 Å². The van der Waals surface area contributed by atoms with Gasteiger partial charge in [-0.25, -0.2) is 0 Å². The van der Waals surface area contributed by atoms with E-state index in [1.54, 1.807) is 12.1 Å². The first-order valence-electron chi connectivity index (χ1n) is 6.06. The maximum absolute atomic E-state index is 10.8. The molecule has 1 aromatic rings. The van der Waals surface area contributed by atoms with E-state index >= 15 is 0 Å². The van der Waals surface area contributed by atoms with E-state index in [1.165, 1.54) is 31.7 Å². The minimum atomic E-state index is -0.371. The first kappa shape index (κ1) is 13.2. The molecule has 0 amide bonds. The molecular formula is C12H17N3O2S. The van der Waals surface area contributed by atoms with Crippen LogP contribution in [0.1, 0.15) is 31.2 Å². The molecule has 3 N–H and O–H groups in total. The summed E-state index contributed by atoms with van der Waals surface area (Å²) in [6.07, 6.45) is 5.11. The Bertz CT molecular complexity index is 433. The number of rotatable bonds is 5. The lowest BCUT2D eigenvalue weighted by Gasteiger charge is -2.11. The van der Waals surface area contributed by atoms with Gasteiger partial charge in [0, 0.05) is 23.1 Å². The molecule has 0 bridgehead atoms. The minimum Gasteiger partial charge on any atom is -0.324 e. The van der Waals surface area contributed by atoms with Gasteiger partial charge in [0.15, 0.2) is 0 Å². The highest BCUT2D eigenvalue weighted by molar-refractivity contribution is 7.99. The molecule has 0 saturated heterocycles. The van der Waals surface area contributed by atoms with Gasteiger partial charge in [-0.1, -0.05) is 12.8 Å². The monoisotopic (exact) mass is 267 g/mol. The van der Waals surface area contributed by atoms with Gasteiger partial charge >= 0.3 is 0 Å². The van der Waals surface area contributed by atoms with Gasteiger partial charge in [-0.15, -0.1) is 0 Å². The van der Waals surface area contributed by atoms with Crippen LogP contribution >= 0.6 is 11.8 Å². The number of nitro groups is 1. The molecule has 0 radical (unpaired) electrons. The Balaban J connectivity index is 2.08. The van der Waals surface area contributed by atoms with Crippen LogP contribution in [-0.2, 0) is 5.75 Å². The number of nitrogens with zero attached hydrogens (tertiary/aromatic N) is 1. The zero-order valence-corrected chi connectivity index (χ0v) is 10.9. The zero-order valence-electron chi connectivity index (χ0n) is 10.1. The Kier molecular flexibility index (Phi) is 4.43. The van der Waals surface area contributed by atoms with Crippen molar-refractivity contribution >= 4 is 23.1 Å². The highest BCUT2D eigenvalue weighted by atomic mass is 32.2. The fraction of sp³-hybridized carbons (Fsp3) is 0.500. The number of nitro benzene ring substituents is 1. The second-order valence-corrected chi connectivity index (χ2v) is 5.75. The van der Waals surface area contributed by atoms with Crippen LogP contribution in [0.25, 0.3) is 0 Å². The quantitative estimate of drug-likeness (QED) is 0.487. The lowest BCUT2D eigenvalue weighted by molar-refractivity contribution is -0.384. The highest BCUT2D eigenvalue weighted by Crippen LogP contribution is 2.34. The maximum atomic E-state index is 10.8. The van der Waals surface area contributed by atoms with Crippen LogP contribution in [0, 0.1) is 10.1 Å². The number of nitrogens with two attached hydrogens (primary N) is 1. The fourth-order valence-electron chi connectivity index (χ4n) is 2.22. The van der Waals surface area contributed by atoms with Crippen molar-refractivity contribution in [2.24, 2.45) is 5.84 Å². The molecular weight excluding hydrogens is 250 g/mol. The molecule has 0 aliphatic heterocycles. The predicted octanol–water partition coefficient (Wildman–Crippen LogP) is 3.06. The lowest BCUT2D eigenvalue weighted by atomic mass is 10.2. The van der Waals surface area contributed by atoms with Crippen molar-refractivity contribution in [1.82, 2.24) is 0 Å². The van der Waals surface area contributed by atoms with E-state index in [-0.39, 0.29) is 10.6 Å². The van der Waals surface area contributed by atoms with Gasteiger partial charge in [-0.3, -0.25) is 16.0 Å². The Morgan fingerprint density at radius 2 is 2.17 bits per heavy atom. The average molecular weight is 267 g/mol. The van der Waals surface area contributed by atoms with E-state index in [1.807, 2.05) is 11.8 Å². The van der Waals surface area contributed by atoms with Gasteiger partial charge in [-0.2, -0.15) is 11.8 Å². The number of nitrogens with one attached hydrogen (secondary N) is 1. The number of nitrogen functional groups attached to an aromatic ring is 1. The first-order valence-corrected chi connectivity index (χ1v) is 7.11. The SMILES string of the molecule is NNc1ccc([N+](=O)[O-])cc1CSC1CCCC1. The lowest BCUT2D eigenvalue weighted by Crippen LogP contribution is -2.09. The molecule has 0 atom stereocenters. The molecule has 2 rings (SSSR count). The number of anilines is 1. The summed E-state index contributed by atoms with van der Waals surface area (Å²) in [4.78, 5) is 10.4. The summed E-state index contributed by atoms with van der Waals surface area (Å²) in [5.41, 5.74) is 4.40. The maximum Gasteiger partial charge on any atom is 0.269 e. The molecule has 0 unspecified atom stereocenters. The molecule has 6 heteroatoms. The molecule has 1 aliphatic rings. The van der Waals surface area contributed by atoms with Gasteiger partial charge in [0.25, 0.3) is 5.69 Å².